The lowest BCUT2D eigenvalue weighted by Gasteiger charge is -2.17. The zero-order valence-corrected chi connectivity index (χ0v) is 18.6. The van der Waals surface area contributed by atoms with Gasteiger partial charge in [-0.2, -0.15) is 0 Å². The van der Waals surface area contributed by atoms with Crippen molar-refractivity contribution < 1.29 is 14.2 Å². The van der Waals surface area contributed by atoms with Gasteiger partial charge >= 0.3 is 0 Å². The predicted molar refractivity (Wildman–Crippen MR) is 121 cm³/mol. The van der Waals surface area contributed by atoms with Crippen LogP contribution in [0.25, 0.3) is 0 Å². The third-order valence-corrected chi connectivity index (χ3v) is 5.45. The van der Waals surface area contributed by atoms with Gasteiger partial charge in [0.05, 0.1) is 21.3 Å². The molecule has 0 amide bonds. The van der Waals surface area contributed by atoms with Crippen LogP contribution in [-0.4, -0.2) is 52.7 Å². The number of hydrogen-bond acceptors (Lipinski definition) is 5. The second kappa shape index (κ2) is 12.1. The Bertz CT molecular complexity index is 784. The number of ether oxygens (including phenoxy) is 3. The molecule has 0 heterocycles. The molecule has 0 spiro atoms. The van der Waals surface area contributed by atoms with Crippen molar-refractivity contribution in [1.29, 1.82) is 0 Å². The SMILES string of the molecule is CN=C(NCCc1ccc(OC)c(OC)c1OC)NCC(C)Sc1ccccc1. The van der Waals surface area contributed by atoms with Crippen LogP contribution in [0, 0.1) is 0 Å². The van der Waals surface area contributed by atoms with Crippen molar-refractivity contribution in [2.75, 3.05) is 41.5 Å². The van der Waals surface area contributed by atoms with E-state index in [-0.39, 0.29) is 0 Å². The Labute approximate surface area is 178 Å². The van der Waals surface area contributed by atoms with Crippen LogP contribution < -0.4 is 24.8 Å². The van der Waals surface area contributed by atoms with Crippen LogP contribution >= 0.6 is 11.8 Å². The molecule has 0 aliphatic carbocycles. The Hall–Kier alpha value is -2.54. The van der Waals surface area contributed by atoms with E-state index in [1.807, 2.05) is 30.0 Å². The average molecular weight is 418 g/mol. The fourth-order valence-corrected chi connectivity index (χ4v) is 3.86. The van der Waals surface area contributed by atoms with Gasteiger partial charge < -0.3 is 24.8 Å². The van der Waals surface area contributed by atoms with Crippen molar-refractivity contribution in [1.82, 2.24) is 10.6 Å². The minimum Gasteiger partial charge on any atom is -0.493 e. The predicted octanol–water partition coefficient (Wildman–Crippen LogP) is 3.60. The van der Waals surface area contributed by atoms with E-state index < -0.39 is 0 Å². The highest BCUT2D eigenvalue weighted by atomic mass is 32.2. The lowest BCUT2D eigenvalue weighted by molar-refractivity contribution is 0.322. The highest BCUT2D eigenvalue weighted by molar-refractivity contribution is 8.00. The third-order valence-electron chi connectivity index (χ3n) is 4.33. The first-order valence-electron chi connectivity index (χ1n) is 9.57. The van der Waals surface area contributed by atoms with Crippen LogP contribution in [0.5, 0.6) is 17.2 Å². The smallest absolute Gasteiger partial charge is 0.203 e. The molecule has 0 aliphatic heterocycles. The molecule has 2 aromatic rings. The van der Waals surface area contributed by atoms with E-state index in [1.165, 1.54) is 4.90 Å². The number of nitrogens with zero attached hydrogens (tertiary/aromatic N) is 1. The highest BCUT2D eigenvalue weighted by Gasteiger charge is 2.15. The standard InChI is InChI=1S/C22H31N3O3S/c1-16(29-18-9-7-6-8-10-18)15-25-22(23-2)24-14-13-17-11-12-19(26-3)21(28-5)20(17)27-4/h6-12,16H,13-15H2,1-5H3,(H2,23,24,25). The van der Waals surface area contributed by atoms with Crippen molar-refractivity contribution in [3.63, 3.8) is 0 Å². The second-order valence-corrected chi connectivity index (χ2v) is 7.88. The molecule has 2 rings (SSSR count). The van der Waals surface area contributed by atoms with Gasteiger partial charge in [0.1, 0.15) is 0 Å². The number of guanidine groups is 1. The van der Waals surface area contributed by atoms with Gasteiger partial charge in [-0.1, -0.05) is 31.2 Å². The molecule has 7 heteroatoms. The van der Waals surface area contributed by atoms with E-state index in [2.05, 4.69) is 46.8 Å². The number of thioether (sulfide) groups is 1. The van der Waals surface area contributed by atoms with E-state index in [0.29, 0.717) is 29.0 Å². The lowest BCUT2D eigenvalue weighted by atomic mass is 10.1. The van der Waals surface area contributed by atoms with E-state index in [4.69, 9.17) is 14.2 Å². The summed E-state index contributed by atoms with van der Waals surface area (Å²) in [5.74, 6) is 2.75. The van der Waals surface area contributed by atoms with Crippen molar-refractivity contribution in [3.05, 3.63) is 48.0 Å². The minimum absolute atomic E-state index is 0.418. The number of benzene rings is 2. The van der Waals surface area contributed by atoms with Gasteiger partial charge in [0.15, 0.2) is 17.5 Å². The Morgan fingerprint density at radius 2 is 1.69 bits per heavy atom. The molecular weight excluding hydrogens is 386 g/mol. The Morgan fingerprint density at radius 1 is 0.966 bits per heavy atom. The van der Waals surface area contributed by atoms with Gasteiger partial charge in [0.2, 0.25) is 5.75 Å². The summed E-state index contributed by atoms with van der Waals surface area (Å²) in [5.41, 5.74) is 1.04. The summed E-state index contributed by atoms with van der Waals surface area (Å²) in [6.07, 6.45) is 0.762. The number of nitrogens with one attached hydrogen (secondary N) is 2. The number of aliphatic imine (C=N–C) groups is 1. The topological polar surface area (TPSA) is 64.1 Å². The number of methoxy groups -OCH3 is 3. The lowest BCUT2D eigenvalue weighted by Crippen LogP contribution is -2.40. The second-order valence-electron chi connectivity index (χ2n) is 6.36. The fourth-order valence-electron chi connectivity index (χ4n) is 2.91. The van der Waals surface area contributed by atoms with E-state index in [1.54, 1.807) is 28.4 Å². The molecule has 0 aromatic heterocycles. The fraction of sp³-hybridized carbons (Fsp3) is 0.409. The van der Waals surface area contributed by atoms with Crippen molar-refractivity contribution in [2.24, 2.45) is 4.99 Å². The largest absolute Gasteiger partial charge is 0.493 e. The van der Waals surface area contributed by atoms with E-state index in [0.717, 1.165) is 24.5 Å². The zero-order chi connectivity index (χ0) is 21.1. The Morgan fingerprint density at radius 3 is 2.31 bits per heavy atom. The molecular formula is C22H31N3O3S. The van der Waals surface area contributed by atoms with Gasteiger partial charge in [-0.05, 0) is 24.6 Å². The summed E-state index contributed by atoms with van der Waals surface area (Å²) in [4.78, 5) is 5.58. The van der Waals surface area contributed by atoms with E-state index in [9.17, 15) is 0 Å². The molecule has 0 radical (unpaired) electrons. The zero-order valence-electron chi connectivity index (χ0n) is 17.8. The Balaban J connectivity index is 1.85. The molecule has 0 bridgehead atoms. The summed E-state index contributed by atoms with van der Waals surface area (Å²) >= 11 is 1.84. The van der Waals surface area contributed by atoms with Gasteiger partial charge in [-0.3, -0.25) is 4.99 Å². The number of hydrogen-bond donors (Lipinski definition) is 2. The van der Waals surface area contributed by atoms with Crippen LogP contribution in [0.2, 0.25) is 0 Å². The molecule has 1 unspecified atom stereocenters. The molecule has 0 fully saturated rings. The summed E-state index contributed by atoms with van der Waals surface area (Å²) in [5, 5.41) is 7.16. The maximum Gasteiger partial charge on any atom is 0.203 e. The molecule has 1 atom stereocenters. The Kier molecular flexibility index (Phi) is 9.50. The minimum atomic E-state index is 0.418. The molecule has 2 aromatic carbocycles. The summed E-state index contributed by atoms with van der Waals surface area (Å²) in [7, 11) is 6.65. The first-order chi connectivity index (χ1) is 14.1. The molecule has 29 heavy (non-hydrogen) atoms. The van der Waals surface area contributed by atoms with Crippen LogP contribution in [0.1, 0.15) is 12.5 Å². The van der Waals surface area contributed by atoms with Gasteiger partial charge in [-0.15, -0.1) is 11.8 Å². The molecule has 0 aliphatic rings. The van der Waals surface area contributed by atoms with Crippen molar-refractivity contribution >= 4 is 17.7 Å². The van der Waals surface area contributed by atoms with Gasteiger partial charge in [0, 0.05) is 35.8 Å². The van der Waals surface area contributed by atoms with Crippen molar-refractivity contribution in [3.8, 4) is 17.2 Å². The highest BCUT2D eigenvalue weighted by Crippen LogP contribution is 2.39. The first kappa shape index (κ1) is 22.7. The monoisotopic (exact) mass is 417 g/mol. The van der Waals surface area contributed by atoms with E-state index >= 15 is 0 Å². The van der Waals surface area contributed by atoms with Crippen molar-refractivity contribution in [2.45, 2.75) is 23.5 Å². The molecule has 0 saturated heterocycles. The first-order valence-corrected chi connectivity index (χ1v) is 10.4. The van der Waals surface area contributed by atoms with Crippen LogP contribution in [0.4, 0.5) is 0 Å². The normalized spacial score (nSPS) is 12.2. The van der Waals surface area contributed by atoms with Crippen LogP contribution in [-0.2, 0) is 6.42 Å². The van der Waals surface area contributed by atoms with Gasteiger partial charge in [0.25, 0.3) is 0 Å². The molecule has 2 N–H and O–H groups in total. The summed E-state index contributed by atoms with van der Waals surface area (Å²) < 4.78 is 16.3. The van der Waals surface area contributed by atoms with Crippen LogP contribution in [0.15, 0.2) is 52.4 Å². The average Bonchev–Trinajstić information content (AvgIpc) is 2.76. The summed E-state index contributed by atoms with van der Waals surface area (Å²) in [6.45, 7) is 3.73. The molecule has 6 nitrogen and oxygen atoms in total. The van der Waals surface area contributed by atoms with Gasteiger partial charge in [-0.25, -0.2) is 0 Å². The third kappa shape index (κ3) is 6.78. The molecule has 158 valence electrons. The quantitative estimate of drug-likeness (QED) is 0.350. The number of rotatable bonds is 10. The molecule has 0 saturated carbocycles. The van der Waals surface area contributed by atoms with Crippen LogP contribution in [0.3, 0.4) is 0 Å². The maximum absolute atomic E-state index is 5.55. The maximum atomic E-state index is 5.55. The summed E-state index contributed by atoms with van der Waals surface area (Å²) in [6, 6.07) is 14.3.